The summed E-state index contributed by atoms with van der Waals surface area (Å²) in [5.41, 5.74) is 2.98. The Morgan fingerprint density at radius 3 is 2.39 bits per heavy atom. The molecule has 0 aromatic heterocycles. The van der Waals surface area contributed by atoms with E-state index in [0.29, 0.717) is 12.3 Å². The number of aliphatic hydroxyl groups is 1. The Morgan fingerprint density at radius 2 is 1.77 bits per heavy atom. The summed E-state index contributed by atoms with van der Waals surface area (Å²) in [7, 11) is 0. The highest BCUT2D eigenvalue weighted by Gasteiger charge is 2.36. The molecule has 1 aliphatic rings. The summed E-state index contributed by atoms with van der Waals surface area (Å²) in [6.45, 7) is 3.59. The molecule has 1 atom stereocenters. The molecule has 1 heterocycles. The molecule has 0 unspecified atom stereocenters. The maximum absolute atomic E-state index is 12.7. The van der Waals surface area contributed by atoms with Crippen LogP contribution in [0.15, 0.2) is 59.5 Å². The topological polar surface area (TPSA) is 86.7 Å². The van der Waals surface area contributed by atoms with Gasteiger partial charge in [0.2, 0.25) is 5.91 Å². The molecule has 0 saturated carbocycles. The van der Waals surface area contributed by atoms with Gasteiger partial charge in [0.25, 0.3) is 11.1 Å². The van der Waals surface area contributed by atoms with Crippen LogP contribution in [0.1, 0.15) is 36.5 Å². The maximum Gasteiger partial charge on any atom is 0.294 e. The first-order chi connectivity index (χ1) is 14.9. The molecule has 1 fully saturated rings. The summed E-state index contributed by atoms with van der Waals surface area (Å²) in [6.07, 6.45) is 2.12. The lowest BCUT2D eigenvalue weighted by Gasteiger charge is -2.18. The van der Waals surface area contributed by atoms with Crippen LogP contribution in [0.4, 0.5) is 4.79 Å². The molecular weight excluding hydrogens is 412 g/mol. The number of benzene rings is 2. The number of nitrogens with zero attached hydrogens (tertiary/aromatic N) is 1. The van der Waals surface area contributed by atoms with Crippen LogP contribution < -0.4 is 5.32 Å². The van der Waals surface area contributed by atoms with Crippen LogP contribution in [0.3, 0.4) is 0 Å². The Kier molecular flexibility index (Phi) is 7.65. The molecule has 6 nitrogen and oxygen atoms in total. The van der Waals surface area contributed by atoms with Gasteiger partial charge in [0, 0.05) is 0 Å². The number of imide groups is 1. The standard InChI is InChI=1S/C24H26N2O4S/c1-16(2)19-10-8-18(9-11-19)13-21-23(29)26(24(30)31-21)14-22(28)25-20(15-27)12-17-6-4-3-5-7-17/h3-11,13,16,20,27H,12,14-15H2,1-2H3,(H,25,28)/b21-13-/t20-/m1/s1. The predicted molar refractivity (Wildman–Crippen MR) is 122 cm³/mol. The lowest BCUT2D eigenvalue weighted by atomic mass is 10.0. The van der Waals surface area contributed by atoms with E-state index < -0.39 is 23.1 Å². The fourth-order valence-corrected chi connectivity index (χ4v) is 4.08. The number of thioether (sulfide) groups is 1. The monoisotopic (exact) mass is 438 g/mol. The minimum atomic E-state index is -0.496. The molecule has 162 valence electrons. The summed E-state index contributed by atoms with van der Waals surface area (Å²) in [5, 5.41) is 11.8. The Bertz CT molecular complexity index is 971. The molecule has 7 heteroatoms. The van der Waals surface area contributed by atoms with E-state index in [1.807, 2.05) is 54.6 Å². The van der Waals surface area contributed by atoms with Gasteiger partial charge < -0.3 is 10.4 Å². The summed E-state index contributed by atoms with van der Waals surface area (Å²) in [6, 6.07) is 16.8. The van der Waals surface area contributed by atoms with Crippen LogP contribution in [-0.4, -0.2) is 46.3 Å². The van der Waals surface area contributed by atoms with Crippen molar-refractivity contribution >= 4 is 34.9 Å². The Labute approximate surface area is 186 Å². The number of rotatable bonds is 8. The van der Waals surface area contributed by atoms with Crippen molar-refractivity contribution in [2.75, 3.05) is 13.2 Å². The molecule has 0 radical (unpaired) electrons. The van der Waals surface area contributed by atoms with Gasteiger partial charge in [-0.25, -0.2) is 0 Å². The molecule has 3 rings (SSSR count). The number of aliphatic hydroxyl groups excluding tert-OH is 1. The highest BCUT2D eigenvalue weighted by molar-refractivity contribution is 8.18. The summed E-state index contributed by atoms with van der Waals surface area (Å²) in [4.78, 5) is 38.6. The van der Waals surface area contributed by atoms with E-state index in [1.54, 1.807) is 6.08 Å². The first kappa shape index (κ1) is 22.8. The zero-order valence-electron chi connectivity index (χ0n) is 17.6. The van der Waals surface area contributed by atoms with E-state index in [-0.39, 0.29) is 18.1 Å². The van der Waals surface area contributed by atoms with Crippen molar-refractivity contribution in [3.8, 4) is 0 Å². The smallest absolute Gasteiger partial charge is 0.294 e. The van der Waals surface area contributed by atoms with Crippen molar-refractivity contribution in [3.63, 3.8) is 0 Å². The van der Waals surface area contributed by atoms with Gasteiger partial charge in [-0.3, -0.25) is 19.3 Å². The van der Waals surface area contributed by atoms with Gasteiger partial charge in [-0.15, -0.1) is 0 Å². The van der Waals surface area contributed by atoms with E-state index in [1.165, 1.54) is 5.56 Å². The van der Waals surface area contributed by atoms with E-state index >= 15 is 0 Å². The predicted octanol–water partition coefficient (Wildman–Crippen LogP) is 3.57. The van der Waals surface area contributed by atoms with Crippen LogP contribution in [0.25, 0.3) is 6.08 Å². The highest BCUT2D eigenvalue weighted by atomic mass is 32.2. The Morgan fingerprint density at radius 1 is 1.10 bits per heavy atom. The van der Waals surface area contributed by atoms with Crippen LogP contribution in [0, 0.1) is 0 Å². The number of nitrogens with one attached hydrogen (secondary N) is 1. The second-order valence-corrected chi connectivity index (χ2v) is 8.72. The van der Waals surface area contributed by atoms with Gasteiger partial charge in [0.1, 0.15) is 6.54 Å². The molecule has 1 saturated heterocycles. The van der Waals surface area contributed by atoms with E-state index in [0.717, 1.165) is 27.8 Å². The molecule has 2 aromatic rings. The Balaban J connectivity index is 1.61. The average molecular weight is 439 g/mol. The lowest BCUT2D eigenvalue weighted by Crippen LogP contribution is -2.45. The molecule has 1 aliphatic heterocycles. The second kappa shape index (κ2) is 10.4. The molecule has 31 heavy (non-hydrogen) atoms. The van der Waals surface area contributed by atoms with Crippen LogP contribution in [-0.2, 0) is 16.0 Å². The lowest BCUT2D eigenvalue weighted by molar-refractivity contribution is -0.129. The van der Waals surface area contributed by atoms with E-state index in [2.05, 4.69) is 19.2 Å². The molecule has 0 bridgehead atoms. The third kappa shape index (κ3) is 6.06. The van der Waals surface area contributed by atoms with Crippen molar-refractivity contribution in [2.24, 2.45) is 0 Å². The zero-order chi connectivity index (χ0) is 22.4. The SMILES string of the molecule is CC(C)c1ccc(/C=C2\SC(=O)N(CC(=O)N[C@@H](CO)Cc3ccccc3)C2=O)cc1. The van der Waals surface area contributed by atoms with Gasteiger partial charge >= 0.3 is 0 Å². The summed E-state index contributed by atoms with van der Waals surface area (Å²) in [5.74, 6) is -0.564. The average Bonchev–Trinajstić information content (AvgIpc) is 3.01. The molecule has 0 spiro atoms. The van der Waals surface area contributed by atoms with Crippen molar-refractivity contribution in [2.45, 2.75) is 32.2 Å². The molecule has 2 N–H and O–H groups in total. The third-order valence-electron chi connectivity index (χ3n) is 4.99. The van der Waals surface area contributed by atoms with Gasteiger partial charge in [0.15, 0.2) is 0 Å². The van der Waals surface area contributed by atoms with Crippen LogP contribution >= 0.6 is 11.8 Å². The van der Waals surface area contributed by atoms with Crippen LogP contribution in [0.2, 0.25) is 0 Å². The van der Waals surface area contributed by atoms with E-state index in [9.17, 15) is 19.5 Å². The first-order valence-corrected chi connectivity index (χ1v) is 11.0. The van der Waals surface area contributed by atoms with Crippen LogP contribution in [0.5, 0.6) is 0 Å². The Hall–Kier alpha value is -2.90. The van der Waals surface area contributed by atoms with Gasteiger partial charge in [-0.05, 0) is 46.9 Å². The number of hydrogen-bond acceptors (Lipinski definition) is 5. The van der Waals surface area contributed by atoms with Gasteiger partial charge in [0.05, 0.1) is 17.6 Å². The van der Waals surface area contributed by atoms with Crippen molar-refractivity contribution < 1.29 is 19.5 Å². The number of carbonyl (C=O) groups is 3. The fourth-order valence-electron chi connectivity index (χ4n) is 3.24. The van der Waals surface area contributed by atoms with Crippen molar-refractivity contribution in [1.82, 2.24) is 10.2 Å². The third-order valence-corrected chi connectivity index (χ3v) is 5.89. The fraction of sp³-hybridized carbons (Fsp3) is 0.292. The minimum Gasteiger partial charge on any atom is -0.394 e. The van der Waals surface area contributed by atoms with Crippen molar-refractivity contribution in [3.05, 3.63) is 76.2 Å². The normalized spacial score (nSPS) is 16.3. The number of hydrogen-bond donors (Lipinski definition) is 2. The molecule has 2 aromatic carbocycles. The van der Waals surface area contributed by atoms with Gasteiger partial charge in [-0.2, -0.15) is 0 Å². The molecule has 0 aliphatic carbocycles. The number of carbonyl (C=O) groups excluding carboxylic acids is 3. The zero-order valence-corrected chi connectivity index (χ0v) is 18.4. The summed E-state index contributed by atoms with van der Waals surface area (Å²) >= 11 is 0.826. The molecular formula is C24H26N2O4S. The second-order valence-electron chi connectivity index (χ2n) is 7.73. The maximum atomic E-state index is 12.7. The van der Waals surface area contributed by atoms with E-state index in [4.69, 9.17) is 0 Å². The van der Waals surface area contributed by atoms with Crippen molar-refractivity contribution in [1.29, 1.82) is 0 Å². The quantitative estimate of drug-likeness (QED) is 0.616. The highest BCUT2D eigenvalue weighted by Crippen LogP contribution is 2.32. The first-order valence-electron chi connectivity index (χ1n) is 10.2. The van der Waals surface area contributed by atoms with Gasteiger partial charge in [-0.1, -0.05) is 68.4 Å². The molecule has 3 amide bonds. The largest absolute Gasteiger partial charge is 0.394 e. The minimum absolute atomic E-state index is 0.241. The number of amides is 3. The summed E-state index contributed by atoms with van der Waals surface area (Å²) < 4.78 is 0.